The van der Waals surface area contributed by atoms with Gasteiger partial charge in [0.1, 0.15) is 0 Å². The maximum absolute atomic E-state index is 6.21. The summed E-state index contributed by atoms with van der Waals surface area (Å²) in [6.45, 7) is 1.23. The molecule has 1 aromatic carbocycles. The van der Waals surface area contributed by atoms with Crippen LogP contribution in [0.25, 0.3) is 0 Å². The number of nitrogens with two attached hydrogens (primary N) is 1. The van der Waals surface area contributed by atoms with Crippen LogP contribution in [0.15, 0.2) is 30.3 Å². The summed E-state index contributed by atoms with van der Waals surface area (Å²) in [7, 11) is 0. The molecule has 0 spiro atoms. The van der Waals surface area contributed by atoms with Crippen molar-refractivity contribution in [1.29, 1.82) is 0 Å². The Morgan fingerprint density at radius 1 is 1.24 bits per heavy atom. The topological polar surface area (TPSA) is 29.3 Å². The van der Waals surface area contributed by atoms with Crippen molar-refractivity contribution in [1.82, 2.24) is 4.90 Å². The Balaban J connectivity index is 1.59. The van der Waals surface area contributed by atoms with Crippen molar-refractivity contribution >= 4 is 0 Å². The highest BCUT2D eigenvalue weighted by atomic mass is 15.3. The highest BCUT2D eigenvalue weighted by Gasteiger charge is 2.41. The Kier molecular flexibility index (Phi) is 3.17. The van der Waals surface area contributed by atoms with Crippen LogP contribution in [0, 0.1) is 5.92 Å². The molecule has 2 saturated heterocycles. The summed E-state index contributed by atoms with van der Waals surface area (Å²) in [4.78, 5) is 2.54. The molecular weight excluding hydrogens is 208 g/mol. The number of hydrogen-bond donors (Lipinski definition) is 1. The van der Waals surface area contributed by atoms with Crippen LogP contribution in [0.2, 0.25) is 0 Å². The first-order chi connectivity index (χ1) is 8.34. The number of benzene rings is 1. The van der Waals surface area contributed by atoms with E-state index in [0.717, 1.165) is 12.0 Å². The zero-order valence-electron chi connectivity index (χ0n) is 10.4. The Labute approximate surface area is 104 Å². The lowest BCUT2D eigenvalue weighted by Crippen LogP contribution is -2.37. The standard InChI is InChI=1S/C15H22N2/c16-15-11-13(14-7-4-10-17(14)15)9-8-12-5-2-1-3-6-12/h1-3,5-6,13-15H,4,7-11,16H2. The lowest BCUT2D eigenvalue weighted by atomic mass is 9.91. The van der Waals surface area contributed by atoms with Gasteiger partial charge in [-0.25, -0.2) is 0 Å². The fourth-order valence-corrected chi connectivity index (χ4v) is 3.64. The van der Waals surface area contributed by atoms with E-state index in [1.165, 1.54) is 44.2 Å². The molecule has 0 bridgehead atoms. The van der Waals surface area contributed by atoms with Crippen molar-refractivity contribution in [2.45, 2.75) is 44.3 Å². The molecule has 2 heterocycles. The van der Waals surface area contributed by atoms with Crippen LogP contribution in [0.5, 0.6) is 0 Å². The number of hydrogen-bond acceptors (Lipinski definition) is 2. The van der Waals surface area contributed by atoms with Gasteiger partial charge in [0.25, 0.3) is 0 Å². The monoisotopic (exact) mass is 230 g/mol. The quantitative estimate of drug-likeness (QED) is 0.864. The van der Waals surface area contributed by atoms with Crippen LogP contribution < -0.4 is 5.73 Å². The fraction of sp³-hybridized carbons (Fsp3) is 0.600. The molecule has 3 rings (SSSR count). The molecule has 0 radical (unpaired) electrons. The summed E-state index contributed by atoms with van der Waals surface area (Å²) >= 11 is 0. The van der Waals surface area contributed by atoms with E-state index in [1.807, 2.05) is 0 Å². The molecule has 2 N–H and O–H groups in total. The summed E-state index contributed by atoms with van der Waals surface area (Å²) in [5.41, 5.74) is 7.68. The van der Waals surface area contributed by atoms with Gasteiger partial charge in [-0.05, 0) is 50.1 Å². The van der Waals surface area contributed by atoms with Gasteiger partial charge < -0.3 is 5.73 Å². The van der Waals surface area contributed by atoms with E-state index in [4.69, 9.17) is 5.73 Å². The molecule has 2 heteroatoms. The Morgan fingerprint density at radius 2 is 2.06 bits per heavy atom. The van der Waals surface area contributed by atoms with Crippen molar-refractivity contribution < 1.29 is 0 Å². The first kappa shape index (κ1) is 11.2. The number of fused-ring (bicyclic) bond motifs is 1. The van der Waals surface area contributed by atoms with Gasteiger partial charge in [-0.3, -0.25) is 4.90 Å². The highest BCUT2D eigenvalue weighted by molar-refractivity contribution is 5.15. The molecule has 2 aliphatic heterocycles. The predicted molar refractivity (Wildman–Crippen MR) is 70.6 cm³/mol. The number of aryl methyl sites for hydroxylation is 1. The van der Waals surface area contributed by atoms with E-state index in [9.17, 15) is 0 Å². The summed E-state index contributed by atoms with van der Waals surface area (Å²) in [5.74, 6) is 0.827. The minimum absolute atomic E-state index is 0.336. The minimum Gasteiger partial charge on any atom is -0.316 e. The van der Waals surface area contributed by atoms with E-state index < -0.39 is 0 Å². The molecule has 2 aliphatic rings. The zero-order chi connectivity index (χ0) is 11.7. The van der Waals surface area contributed by atoms with Gasteiger partial charge in [-0.1, -0.05) is 30.3 Å². The van der Waals surface area contributed by atoms with Crippen LogP contribution in [-0.4, -0.2) is 23.7 Å². The predicted octanol–water partition coefficient (Wildman–Crippen LogP) is 2.39. The second-order valence-corrected chi connectivity index (χ2v) is 5.53. The van der Waals surface area contributed by atoms with Crippen molar-refractivity contribution in [2.24, 2.45) is 11.7 Å². The molecule has 17 heavy (non-hydrogen) atoms. The second-order valence-electron chi connectivity index (χ2n) is 5.53. The van der Waals surface area contributed by atoms with E-state index >= 15 is 0 Å². The third-order valence-electron chi connectivity index (χ3n) is 4.50. The second kappa shape index (κ2) is 4.79. The fourth-order valence-electron chi connectivity index (χ4n) is 3.64. The maximum atomic E-state index is 6.21. The van der Waals surface area contributed by atoms with Crippen LogP contribution in [0.3, 0.4) is 0 Å². The van der Waals surface area contributed by atoms with E-state index in [1.54, 1.807) is 0 Å². The first-order valence-corrected chi connectivity index (χ1v) is 6.90. The molecule has 0 aromatic heterocycles. The average Bonchev–Trinajstić information content (AvgIpc) is 2.93. The lowest BCUT2D eigenvalue weighted by molar-refractivity contribution is 0.235. The molecular formula is C15H22N2. The SMILES string of the molecule is NC1CC(CCc2ccccc2)C2CCCN12. The van der Waals surface area contributed by atoms with Crippen LogP contribution in [0.1, 0.15) is 31.2 Å². The molecule has 2 nitrogen and oxygen atoms in total. The Morgan fingerprint density at radius 3 is 2.88 bits per heavy atom. The van der Waals surface area contributed by atoms with Crippen molar-refractivity contribution in [3.63, 3.8) is 0 Å². The minimum atomic E-state index is 0.336. The van der Waals surface area contributed by atoms with E-state index in [2.05, 4.69) is 35.2 Å². The summed E-state index contributed by atoms with van der Waals surface area (Å²) in [6.07, 6.45) is 6.77. The molecule has 0 saturated carbocycles. The molecule has 92 valence electrons. The van der Waals surface area contributed by atoms with Gasteiger partial charge in [-0.15, -0.1) is 0 Å². The number of rotatable bonds is 3. The third kappa shape index (κ3) is 2.24. The Hall–Kier alpha value is -0.860. The first-order valence-electron chi connectivity index (χ1n) is 6.90. The smallest absolute Gasteiger partial charge is 0.0577 e. The van der Waals surface area contributed by atoms with E-state index in [-0.39, 0.29) is 0 Å². The van der Waals surface area contributed by atoms with Gasteiger partial charge in [0.05, 0.1) is 6.17 Å². The molecule has 3 atom stereocenters. The third-order valence-corrected chi connectivity index (χ3v) is 4.50. The summed E-state index contributed by atoms with van der Waals surface area (Å²) < 4.78 is 0. The van der Waals surface area contributed by atoms with Crippen molar-refractivity contribution in [3.05, 3.63) is 35.9 Å². The van der Waals surface area contributed by atoms with E-state index in [0.29, 0.717) is 6.17 Å². The molecule has 0 amide bonds. The summed E-state index contributed by atoms with van der Waals surface area (Å²) in [6, 6.07) is 11.6. The van der Waals surface area contributed by atoms with Gasteiger partial charge in [0.15, 0.2) is 0 Å². The average molecular weight is 230 g/mol. The molecule has 1 aromatic rings. The molecule has 0 aliphatic carbocycles. The molecule has 2 fully saturated rings. The largest absolute Gasteiger partial charge is 0.316 e. The van der Waals surface area contributed by atoms with Gasteiger partial charge in [0, 0.05) is 6.04 Å². The van der Waals surface area contributed by atoms with Crippen LogP contribution in [-0.2, 0) is 6.42 Å². The maximum Gasteiger partial charge on any atom is 0.0577 e. The van der Waals surface area contributed by atoms with Crippen molar-refractivity contribution in [2.75, 3.05) is 6.54 Å². The van der Waals surface area contributed by atoms with Gasteiger partial charge in [-0.2, -0.15) is 0 Å². The van der Waals surface area contributed by atoms with Crippen LogP contribution in [0.4, 0.5) is 0 Å². The normalized spacial score (nSPS) is 32.9. The number of nitrogens with zero attached hydrogens (tertiary/aromatic N) is 1. The Bertz CT molecular complexity index is 362. The molecule has 3 unspecified atom stereocenters. The zero-order valence-corrected chi connectivity index (χ0v) is 10.4. The van der Waals surface area contributed by atoms with Crippen molar-refractivity contribution in [3.8, 4) is 0 Å². The summed E-state index contributed by atoms with van der Waals surface area (Å²) in [5, 5.41) is 0. The van der Waals surface area contributed by atoms with Gasteiger partial charge >= 0.3 is 0 Å². The van der Waals surface area contributed by atoms with Gasteiger partial charge in [0.2, 0.25) is 0 Å². The lowest BCUT2D eigenvalue weighted by Gasteiger charge is -2.21. The van der Waals surface area contributed by atoms with Crippen LogP contribution >= 0.6 is 0 Å². The highest BCUT2D eigenvalue weighted by Crippen LogP contribution is 2.37.